The monoisotopic (exact) mass is 218 g/mol. The quantitative estimate of drug-likeness (QED) is 0.717. The molecule has 0 aliphatic heterocycles. The van der Waals surface area contributed by atoms with E-state index in [0.29, 0.717) is 11.3 Å². The van der Waals surface area contributed by atoms with Gasteiger partial charge in [-0.15, -0.1) is 0 Å². The van der Waals surface area contributed by atoms with Crippen molar-refractivity contribution < 1.29 is 15.0 Å². The van der Waals surface area contributed by atoms with Crippen molar-refractivity contribution in [3.63, 3.8) is 0 Å². The summed E-state index contributed by atoms with van der Waals surface area (Å²) >= 11 is 0. The number of hydrogen-bond donors (Lipinski definition) is 3. The number of carboxylic acids is 1. The normalized spacial score (nSPS) is 10.3. The maximum Gasteiger partial charge on any atom is 0.339 e. The molecule has 0 aliphatic carbocycles. The Hall–Kier alpha value is -2.30. The largest absolute Gasteiger partial charge is 0.508 e. The topological polar surface area (TPSA) is 86.2 Å². The minimum atomic E-state index is -1.05. The Labute approximate surface area is 91.4 Å². The van der Waals surface area contributed by atoms with Crippen LogP contribution in [0.3, 0.4) is 0 Å². The van der Waals surface area contributed by atoms with E-state index in [-0.39, 0.29) is 11.3 Å². The zero-order valence-corrected chi connectivity index (χ0v) is 8.56. The second kappa shape index (κ2) is 3.69. The molecular weight excluding hydrogens is 208 g/mol. The number of benzene rings is 1. The fraction of sp³-hybridized carbons (Fsp3) is 0.0909. The van der Waals surface area contributed by atoms with Gasteiger partial charge in [-0.05, 0) is 18.6 Å². The molecule has 0 bridgehead atoms. The third-order valence-electron chi connectivity index (χ3n) is 2.37. The summed E-state index contributed by atoms with van der Waals surface area (Å²) in [5.74, 6) is -0.924. The Morgan fingerprint density at radius 2 is 2.19 bits per heavy atom. The summed E-state index contributed by atoms with van der Waals surface area (Å²) in [6.45, 7) is 1.77. The molecule has 1 aromatic carbocycles. The van der Waals surface area contributed by atoms with Crippen LogP contribution in [0.5, 0.6) is 5.75 Å². The lowest BCUT2D eigenvalue weighted by Gasteiger charge is -2.03. The van der Waals surface area contributed by atoms with E-state index in [1.54, 1.807) is 19.1 Å². The fourth-order valence-electron chi connectivity index (χ4n) is 1.43. The van der Waals surface area contributed by atoms with Crippen molar-refractivity contribution in [3.05, 3.63) is 35.5 Å². The first-order valence-electron chi connectivity index (χ1n) is 4.66. The molecule has 0 aliphatic rings. The zero-order chi connectivity index (χ0) is 11.7. The van der Waals surface area contributed by atoms with Gasteiger partial charge in [-0.3, -0.25) is 5.10 Å². The lowest BCUT2D eigenvalue weighted by atomic mass is 10.1. The van der Waals surface area contributed by atoms with Gasteiger partial charge in [0.25, 0.3) is 0 Å². The molecule has 0 saturated heterocycles. The lowest BCUT2D eigenvalue weighted by molar-refractivity contribution is 0.0698. The Morgan fingerprint density at radius 1 is 1.44 bits per heavy atom. The highest BCUT2D eigenvalue weighted by molar-refractivity contribution is 5.94. The summed E-state index contributed by atoms with van der Waals surface area (Å²) in [6.07, 6.45) is 1.24. The maximum absolute atomic E-state index is 10.9. The van der Waals surface area contributed by atoms with Gasteiger partial charge in [0.05, 0.1) is 11.9 Å². The zero-order valence-electron chi connectivity index (χ0n) is 8.56. The molecule has 3 N–H and O–H groups in total. The molecule has 1 heterocycles. The number of nitrogens with zero attached hydrogens (tertiary/aromatic N) is 1. The molecule has 2 rings (SSSR count). The van der Waals surface area contributed by atoms with E-state index in [1.165, 1.54) is 12.3 Å². The molecule has 0 radical (unpaired) electrons. The first-order valence-corrected chi connectivity index (χ1v) is 4.66. The minimum Gasteiger partial charge on any atom is -0.508 e. The molecule has 82 valence electrons. The number of carbonyl (C=O) groups is 1. The number of phenolic OH excluding ortho intramolecular Hbond substituents is 1. The number of rotatable bonds is 2. The number of carboxylic acid groups (broad SMARTS) is 1. The number of aryl methyl sites for hydroxylation is 1. The average molecular weight is 218 g/mol. The van der Waals surface area contributed by atoms with Crippen LogP contribution < -0.4 is 0 Å². The fourth-order valence-corrected chi connectivity index (χ4v) is 1.43. The second-order valence-corrected chi connectivity index (χ2v) is 3.47. The number of aromatic nitrogens is 2. The molecule has 16 heavy (non-hydrogen) atoms. The van der Waals surface area contributed by atoms with Crippen molar-refractivity contribution in [3.8, 4) is 17.0 Å². The number of aromatic carboxylic acids is 1. The lowest BCUT2D eigenvalue weighted by Crippen LogP contribution is -1.96. The van der Waals surface area contributed by atoms with Crippen LogP contribution in [0.4, 0.5) is 0 Å². The van der Waals surface area contributed by atoms with Gasteiger partial charge in [-0.1, -0.05) is 12.1 Å². The number of H-pyrrole nitrogens is 1. The first-order chi connectivity index (χ1) is 7.59. The minimum absolute atomic E-state index is 0.0863. The number of aromatic amines is 1. The van der Waals surface area contributed by atoms with Crippen LogP contribution in [-0.4, -0.2) is 26.4 Å². The van der Waals surface area contributed by atoms with Crippen LogP contribution in [0.15, 0.2) is 24.4 Å². The number of nitrogens with one attached hydrogen (secondary N) is 1. The molecule has 2 aromatic rings. The Bertz CT molecular complexity index is 546. The van der Waals surface area contributed by atoms with Gasteiger partial charge in [0.2, 0.25) is 0 Å². The van der Waals surface area contributed by atoms with Gasteiger partial charge in [0.1, 0.15) is 11.3 Å². The molecule has 5 nitrogen and oxygen atoms in total. The molecule has 0 amide bonds. The highest BCUT2D eigenvalue weighted by Crippen LogP contribution is 2.26. The summed E-state index contributed by atoms with van der Waals surface area (Å²) in [6, 6.07) is 4.96. The third kappa shape index (κ3) is 1.63. The summed E-state index contributed by atoms with van der Waals surface area (Å²) in [5, 5.41) is 24.8. The smallest absolute Gasteiger partial charge is 0.339 e. The standard InChI is InChI=1S/C11H10N2O3/c1-6-2-3-7(4-9(6)14)10-8(11(15)16)5-12-13-10/h2-5,14H,1H3,(H,12,13)(H,15,16). The van der Waals surface area contributed by atoms with Crippen LogP contribution in [0.25, 0.3) is 11.3 Å². The molecular formula is C11H10N2O3. The van der Waals surface area contributed by atoms with E-state index in [9.17, 15) is 9.90 Å². The van der Waals surface area contributed by atoms with E-state index in [4.69, 9.17) is 5.11 Å². The summed E-state index contributed by atoms with van der Waals surface area (Å²) < 4.78 is 0. The van der Waals surface area contributed by atoms with E-state index < -0.39 is 5.97 Å². The van der Waals surface area contributed by atoms with Crippen molar-refractivity contribution in [1.82, 2.24) is 10.2 Å². The van der Waals surface area contributed by atoms with Gasteiger partial charge < -0.3 is 10.2 Å². The predicted octanol–water partition coefficient (Wildman–Crippen LogP) is 1.79. The summed E-state index contributed by atoms with van der Waals surface area (Å²) in [4.78, 5) is 10.9. The van der Waals surface area contributed by atoms with E-state index >= 15 is 0 Å². The molecule has 1 aromatic heterocycles. The Kier molecular flexibility index (Phi) is 2.36. The summed E-state index contributed by atoms with van der Waals surface area (Å²) in [5.41, 5.74) is 1.81. The van der Waals surface area contributed by atoms with Crippen molar-refractivity contribution >= 4 is 5.97 Å². The van der Waals surface area contributed by atoms with Gasteiger partial charge >= 0.3 is 5.97 Å². The van der Waals surface area contributed by atoms with E-state index in [2.05, 4.69) is 10.2 Å². The van der Waals surface area contributed by atoms with Crippen LogP contribution in [0.1, 0.15) is 15.9 Å². The molecule has 0 spiro atoms. The molecule has 0 atom stereocenters. The number of hydrogen-bond acceptors (Lipinski definition) is 3. The molecule has 0 saturated carbocycles. The molecule has 5 heteroatoms. The van der Waals surface area contributed by atoms with Crippen LogP contribution in [-0.2, 0) is 0 Å². The third-order valence-corrected chi connectivity index (χ3v) is 2.37. The van der Waals surface area contributed by atoms with Gasteiger partial charge in [-0.25, -0.2) is 4.79 Å². The Balaban J connectivity index is 2.54. The van der Waals surface area contributed by atoms with Crippen molar-refractivity contribution in [1.29, 1.82) is 0 Å². The highest BCUT2D eigenvalue weighted by atomic mass is 16.4. The maximum atomic E-state index is 10.9. The van der Waals surface area contributed by atoms with Crippen molar-refractivity contribution in [2.45, 2.75) is 6.92 Å². The van der Waals surface area contributed by atoms with Crippen LogP contribution in [0, 0.1) is 6.92 Å². The van der Waals surface area contributed by atoms with Crippen molar-refractivity contribution in [2.24, 2.45) is 0 Å². The Morgan fingerprint density at radius 3 is 2.81 bits per heavy atom. The number of aromatic hydroxyl groups is 1. The van der Waals surface area contributed by atoms with E-state index in [0.717, 1.165) is 5.56 Å². The van der Waals surface area contributed by atoms with Gasteiger partial charge in [-0.2, -0.15) is 5.10 Å². The predicted molar refractivity (Wildman–Crippen MR) is 57.4 cm³/mol. The van der Waals surface area contributed by atoms with Gasteiger partial charge in [0, 0.05) is 5.56 Å². The van der Waals surface area contributed by atoms with E-state index in [1.807, 2.05) is 0 Å². The summed E-state index contributed by atoms with van der Waals surface area (Å²) in [7, 11) is 0. The molecule has 0 unspecified atom stereocenters. The number of phenols is 1. The average Bonchev–Trinajstić information content (AvgIpc) is 2.71. The van der Waals surface area contributed by atoms with Crippen LogP contribution >= 0.6 is 0 Å². The highest BCUT2D eigenvalue weighted by Gasteiger charge is 2.14. The molecule has 0 fully saturated rings. The van der Waals surface area contributed by atoms with Crippen molar-refractivity contribution in [2.75, 3.05) is 0 Å². The SMILES string of the molecule is Cc1ccc(-c2[nH]ncc2C(=O)O)cc1O. The first kappa shape index (κ1) is 10.2. The van der Waals surface area contributed by atoms with Gasteiger partial charge in [0.15, 0.2) is 0 Å². The second-order valence-electron chi connectivity index (χ2n) is 3.47. The van der Waals surface area contributed by atoms with Crippen LogP contribution in [0.2, 0.25) is 0 Å².